The van der Waals surface area contributed by atoms with E-state index >= 15 is 0 Å². The van der Waals surface area contributed by atoms with Gasteiger partial charge in [0.25, 0.3) is 0 Å². The quantitative estimate of drug-likeness (QED) is 0.640. The first-order valence-corrected chi connectivity index (χ1v) is 9.61. The largest absolute Gasteiger partial charge is 0.444 e. The van der Waals surface area contributed by atoms with Crippen molar-refractivity contribution in [2.24, 2.45) is 5.92 Å². The molecule has 1 aliphatic heterocycles. The second-order valence-corrected chi connectivity index (χ2v) is 8.40. The maximum Gasteiger partial charge on any atom is 0.416 e. The van der Waals surface area contributed by atoms with Gasteiger partial charge < -0.3 is 15.0 Å². The first-order valence-electron chi connectivity index (χ1n) is 9.61. The summed E-state index contributed by atoms with van der Waals surface area (Å²) in [5.74, 6) is -0.797. The van der Waals surface area contributed by atoms with Gasteiger partial charge in [0, 0.05) is 19.6 Å². The van der Waals surface area contributed by atoms with E-state index in [1.165, 1.54) is 17.0 Å². The Kier molecular flexibility index (Phi) is 7.32. The molecule has 1 amide bonds. The van der Waals surface area contributed by atoms with E-state index < -0.39 is 41.6 Å². The highest BCUT2D eigenvalue weighted by Gasteiger charge is 2.45. The van der Waals surface area contributed by atoms with Crippen molar-refractivity contribution >= 4 is 6.09 Å². The first-order chi connectivity index (χ1) is 13.7. The van der Waals surface area contributed by atoms with E-state index in [2.05, 4.69) is 5.32 Å². The minimum Gasteiger partial charge on any atom is -0.444 e. The molecule has 0 bridgehead atoms. The number of piperidine rings is 1. The van der Waals surface area contributed by atoms with Crippen molar-refractivity contribution in [2.45, 2.75) is 64.2 Å². The van der Waals surface area contributed by atoms with Crippen LogP contribution in [-0.2, 0) is 17.5 Å². The zero-order valence-corrected chi connectivity index (χ0v) is 17.0. The molecule has 1 saturated heterocycles. The fraction of sp³-hybridized carbons (Fsp3) is 0.650. The molecule has 30 heavy (non-hydrogen) atoms. The highest BCUT2D eigenvalue weighted by Crippen LogP contribution is 2.33. The molecule has 2 rings (SSSR count). The fourth-order valence-corrected chi connectivity index (χ4v) is 3.38. The highest BCUT2D eigenvalue weighted by molar-refractivity contribution is 5.68. The lowest BCUT2D eigenvalue weighted by molar-refractivity contribution is -0.171. The topological polar surface area (TPSA) is 41.6 Å². The number of hydrogen-bond acceptors (Lipinski definition) is 3. The molecule has 4 nitrogen and oxygen atoms in total. The third-order valence-electron chi connectivity index (χ3n) is 4.80. The summed E-state index contributed by atoms with van der Waals surface area (Å²) in [6.45, 7) is 5.01. The molecule has 0 radical (unpaired) electrons. The van der Waals surface area contributed by atoms with E-state index in [0.29, 0.717) is 0 Å². The van der Waals surface area contributed by atoms with Gasteiger partial charge in [-0.05, 0) is 51.2 Å². The molecule has 10 heteroatoms. The maximum atomic E-state index is 13.6. The normalized spacial score (nSPS) is 17.7. The molecule has 0 saturated carbocycles. The number of alkyl halides is 6. The number of benzene rings is 1. The SMILES string of the molecule is CC(C)(C)OC(=O)N1CCC(C(NCc2cccc(C(F)(F)F)c2)C(F)(F)F)CC1. The molecule has 1 aliphatic rings. The van der Waals surface area contributed by atoms with Crippen molar-refractivity contribution in [3.63, 3.8) is 0 Å². The lowest BCUT2D eigenvalue weighted by Gasteiger charge is -2.37. The molecule has 1 aromatic rings. The molecule has 0 aromatic heterocycles. The number of nitrogens with one attached hydrogen (secondary N) is 1. The van der Waals surface area contributed by atoms with Crippen molar-refractivity contribution in [2.75, 3.05) is 13.1 Å². The van der Waals surface area contributed by atoms with Crippen LogP contribution in [-0.4, -0.2) is 41.9 Å². The van der Waals surface area contributed by atoms with Crippen molar-refractivity contribution in [1.29, 1.82) is 0 Å². The predicted molar refractivity (Wildman–Crippen MR) is 98.7 cm³/mol. The Morgan fingerprint density at radius 1 is 1.13 bits per heavy atom. The molecule has 0 aliphatic carbocycles. The highest BCUT2D eigenvalue weighted by atomic mass is 19.4. The van der Waals surface area contributed by atoms with Crippen LogP contribution in [0.25, 0.3) is 0 Å². The molecule has 1 aromatic carbocycles. The number of carbonyl (C=O) groups is 1. The van der Waals surface area contributed by atoms with E-state index in [-0.39, 0.29) is 38.0 Å². The third kappa shape index (κ3) is 7.07. The molecule has 1 atom stereocenters. The van der Waals surface area contributed by atoms with Gasteiger partial charge in [-0.2, -0.15) is 26.3 Å². The first kappa shape index (κ1) is 24.3. The molecule has 1 fully saturated rings. The summed E-state index contributed by atoms with van der Waals surface area (Å²) in [6, 6.07) is 2.35. The molecular weight excluding hydrogens is 414 g/mol. The van der Waals surface area contributed by atoms with Gasteiger partial charge in [-0.15, -0.1) is 0 Å². The number of rotatable bonds is 4. The average Bonchev–Trinajstić information content (AvgIpc) is 2.59. The van der Waals surface area contributed by atoms with Gasteiger partial charge >= 0.3 is 18.4 Å². The van der Waals surface area contributed by atoms with Crippen LogP contribution in [0.3, 0.4) is 0 Å². The second kappa shape index (κ2) is 9.03. The van der Waals surface area contributed by atoms with Gasteiger partial charge in [0.05, 0.1) is 5.56 Å². The fourth-order valence-electron chi connectivity index (χ4n) is 3.38. The minimum atomic E-state index is -4.57. The summed E-state index contributed by atoms with van der Waals surface area (Å²) in [5, 5.41) is 2.38. The van der Waals surface area contributed by atoms with Gasteiger partial charge in [0.1, 0.15) is 11.6 Å². The Hall–Kier alpha value is -1.97. The maximum absolute atomic E-state index is 13.6. The summed E-state index contributed by atoms with van der Waals surface area (Å²) >= 11 is 0. The number of ether oxygens (including phenoxy) is 1. The van der Waals surface area contributed by atoms with Gasteiger partial charge in [0.2, 0.25) is 0 Å². The van der Waals surface area contributed by atoms with E-state index in [1.54, 1.807) is 20.8 Å². The van der Waals surface area contributed by atoms with Crippen molar-refractivity contribution in [3.05, 3.63) is 35.4 Å². The van der Waals surface area contributed by atoms with Crippen molar-refractivity contribution < 1.29 is 35.9 Å². The lowest BCUT2D eigenvalue weighted by Crippen LogP contribution is -2.52. The number of amides is 1. The van der Waals surface area contributed by atoms with E-state index in [1.807, 2.05) is 0 Å². The van der Waals surface area contributed by atoms with Crippen molar-refractivity contribution in [1.82, 2.24) is 10.2 Å². The zero-order valence-electron chi connectivity index (χ0n) is 17.0. The summed E-state index contributed by atoms with van der Waals surface area (Å²) in [5.41, 5.74) is -1.49. The zero-order chi connectivity index (χ0) is 22.7. The number of likely N-dealkylation sites (tertiary alicyclic amines) is 1. The smallest absolute Gasteiger partial charge is 0.416 e. The number of halogens is 6. The Labute approximate surface area is 171 Å². The Morgan fingerprint density at radius 3 is 2.23 bits per heavy atom. The predicted octanol–water partition coefficient (Wildman–Crippen LogP) is 5.37. The monoisotopic (exact) mass is 440 g/mol. The van der Waals surface area contributed by atoms with Crippen LogP contribution in [0.2, 0.25) is 0 Å². The minimum absolute atomic E-state index is 0.110. The van der Waals surface area contributed by atoms with Crippen LogP contribution in [0, 0.1) is 5.92 Å². The molecule has 170 valence electrons. The summed E-state index contributed by atoms with van der Waals surface area (Å²) in [7, 11) is 0. The van der Waals surface area contributed by atoms with Crippen LogP contribution in [0.15, 0.2) is 24.3 Å². The molecular formula is C20H26F6N2O2. The summed E-state index contributed by atoms with van der Waals surface area (Å²) in [6.07, 6.45) is -9.48. The molecule has 1 unspecified atom stereocenters. The second-order valence-electron chi connectivity index (χ2n) is 8.40. The van der Waals surface area contributed by atoms with Crippen molar-refractivity contribution in [3.8, 4) is 0 Å². The average molecular weight is 440 g/mol. The summed E-state index contributed by atoms with van der Waals surface area (Å²) < 4.78 is 84.5. The van der Waals surface area contributed by atoms with Crippen LogP contribution in [0.4, 0.5) is 31.1 Å². The number of nitrogens with zero attached hydrogens (tertiary/aromatic N) is 1. The lowest BCUT2D eigenvalue weighted by atomic mass is 9.89. The Bertz CT molecular complexity index is 719. The Balaban J connectivity index is 2.00. The van der Waals surface area contributed by atoms with E-state index in [4.69, 9.17) is 4.74 Å². The number of carbonyl (C=O) groups excluding carboxylic acids is 1. The van der Waals surface area contributed by atoms with Crippen LogP contribution in [0.5, 0.6) is 0 Å². The van der Waals surface area contributed by atoms with Crippen LogP contribution < -0.4 is 5.32 Å². The molecule has 1 N–H and O–H groups in total. The van der Waals surface area contributed by atoms with Gasteiger partial charge in [-0.1, -0.05) is 18.2 Å². The van der Waals surface area contributed by atoms with E-state index in [9.17, 15) is 31.1 Å². The Morgan fingerprint density at radius 2 is 1.73 bits per heavy atom. The summed E-state index contributed by atoms with van der Waals surface area (Å²) in [4.78, 5) is 13.5. The third-order valence-corrected chi connectivity index (χ3v) is 4.80. The van der Waals surface area contributed by atoms with Crippen LogP contribution >= 0.6 is 0 Å². The van der Waals surface area contributed by atoms with Gasteiger partial charge in [-0.3, -0.25) is 0 Å². The van der Waals surface area contributed by atoms with Gasteiger partial charge in [-0.25, -0.2) is 4.79 Å². The number of hydrogen-bond donors (Lipinski definition) is 1. The molecule has 1 heterocycles. The standard InChI is InChI=1S/C20H26F6N2O2/c1-18(2,3)30-17(29)28-9-7-14(8-10-28)16(20(24,25)26)27-12-13-5-4-6-15(11-13)19(21,22)23/h4-6,11,14,16,27H,7-10,12H2,1-3H3. The molecule has 0 spiro atoms. The van der Waals surface area contributed by atoms with Crippen LogP contribution in [0.1, 0.15) is 44.7 Å². The van der Waals surface area contributed by atoms with E-state index in [0.717, 1.165) is 12.1 Å². The van der Waals surface area contributed by atoms with Gasteiger partial charge in [0.15, 0.2) is 0 Å².